The van der Waals surface area contributed by atoms with Gasteiger partial charge in [-0.1, -0.05) is 23.9 Å². The summed E-state index contributed by atoms with van der Waals surface area (Å²) in [6.45, 7) is 0. The van der Waals surface area contributed by atoms with E-state index in [0.29, 0.717) is 28.9 Å². The fraction of sp³-hybridized carbons (Fsp3) is 0.188. The van der Waals surface area contributed by atoms with E-state index >= 15 is 0 Å². The van der Waals surface area contributed by atoms with Gasteiger partial charge in [0.05, 0.1) is 12.0 Å². The summed E-state index contributed by atoms with van der Waals surface area (Å²) < 4.78 is 6.63. The number of nitrogens with one attached hydrogen (secondary N) is 1. The summed E-state index contributed by atoms with van der Waals surface area (Å²) in [5.74, 6) is 7.47. The predicted molar refractivity (Wildman–Crippen MR) is 100 cm³/mol. The van der Waals surface area contributed by atoms with Crippen LogP contribution in [-0.2, 0) is 4.79 Å². The number of anilines is 1. The molecule has 0 aliphatic carbocycles. The zero-order valence-electron chi connectivity index (χ0n) is 13.5. The molecule has 0 fully saturated rings. The van der Waals surface area contributed by atoms with Crippen LogP contribution in [0.2, 0.25) is 0 Å². The monoisotopic (exact) mass is 375 g/mol. The van der Waals surface area contributed by atoms with Gasteiger partial charge in [-0.3, -0.25) is 4.79 Å². The highest BCUT2D eigenvalue weighted by Crippen LogP contribution is 2.25. The first kappa shape index (κ1) is 17.4. The molecule has 0 bridgehead atoms. The van der Waals surface area contributed by atoms with Gasteiger partial charge in [-0.15, -0.1) is 22.0 Å². The van der Waals surface area contributed by atoms with Gasteiger partial charge in [0.2, 0.25) is 16.9 Å². The van der Waals surface area contributed by atoms with Crippen LogP contribution >= 0.6 is 23.5 Å². The Labute approximate surface area is 153 Å². The van der Waals surface area contributed by atoms with E-state index in [1.165, 1.54) is 16.4 Å². The molecule has 0 atom stereocenters. The number of carbonyl (C=O) groups is 1. The molecule has 25 heavy (non-hydrogen) atoms. The Morgan fingerprint density at radius 3 is 2.88 bits per heavy atom. The summed E-state index contributed by atoms with van der Waals surface area (Å²) in [5.41, 5.74) is 0.826. The Morgan fingerprint density at radius 1 is 1.28 bits per heavy atom. The van der Waals surface area contributed by atoms with E-state index < -0.39 is 0 Å². The smallest absolute Gasteiger partial charge is 0.225 e. The number of rotatable bonds is 7. The summed E-state index contributed by atoms with van der Waals surface area (Å²) in [4.78, 5) is 13.2. The van der Waals surface area contributed by atoms with Crippen molar-refractivity contribution in [2.75, 3.05) is 23.2 Å². The Morgan fingerprint density at radius 2 is 2.12 bits per heavy atom. The third-order valence-electron chi connectivity index (χ3n) is 3.35. The van der Waals surface area contributed by atoms with Gasteiger partial charge in [0.1, 0.15) is 0 Å². The lowest BCUT2D eigenvalue weighted by atomic mass is 10.3. The molecular formula is C16H17N5O2S2. The van der Waals surface area contributed by atoms with Gasteiger partial charge in [0, 0.05) is 17.1 Å². The molecule has 2 heterocycles. The molecule has 130 valence electrons. The van der Waals surface area contributed by atoms with E-state index in [4.69, 9.17) is 10.3 Å². The number of para-hydroxylation sites is 1. The third-order valence-corrected chi connectivity index (χ3v) is 5.09. The fourth-order valence-corrected chi connectivity index (χ4v) is 3.49. The number of thioether (sulfide) groups is 2. The second-order valence-electron chi connectivity index (χ2n) is 5.00. The molecule has 1 amide bonds. The summed E-state index contributed by atoms with van der Waals surface area (Å²) >= 11 is 2.97. The number of furan rings is 1. The average molecular weight is 375 g/mol. The van der Waals surface area contributed by atoms with Gasteiger partial charge in [-0.2, -0.15) is 0 Å². The number of carbonyl (C=O) groups excluding carboxylic acids is 1. The number of amides is 1. The standard InChI is InChI=1S/C16H17N5O2S2/c1-24-13-7-3-2-5-11(13)18-14(22)8-10-25-16-20-19-15(21(16)17)12-6-4-9-23-12/h2-7,9H,8,10,17H2,1H3,(H,18,22). The van der Waals surface area contributed by atoms with Gasteiger partial charge in [-0.25, -0.2) is 4.68 Å². The molecule has 7 nitrogen and oxygen atoms in total. The molecule has 3 rings (SSSR count). The maximum Gasteiger partial charge on any atom is 0.225 e. The van der Waals surface area contributed by atoms with Crippen molar-refractivity contribution in [3.63, 3.8) is 0 Å². The summed E-state index contributed by atoms with van der Waals surface area (Å²) in [7, 11) is 0. The first-order valence-corrected chi connectivity index (χ1v) is 9.70. The second kappa shape index (κ2) is 8.13. The minimum Gasteiger partial charge on any atom is -0.461 e. The summed E-state index contributed by atoms with van der Waals surface area (Å²) in [6.07, 6.45) is 3.87. The average Bonchev–Trinajstić information content (AvgIpc) is 3.26. The lowest BCUT2D eigenvalue weighted by molar-refractivity contribution is -0.115. The van der Waals surface area contributed by atoms with Crippen molar-refractivity contribution in [3.05, 3.63) is 42.7 Å². The number of nitrogen functional groups attached to an aromatic ring is 1. The Bertz CT molecular complexity index is 848. The first-order chi connectivity index (χ1) is 12.2. The third kappa shape index (κ3) is 4.18. The molecule has 3 N–H and O–H groups in total. The molecule has 0 radical (unpaired) electrons. The van der Waals surface area contributed by atoms with E-state index in [-0.39, 0.29) is 5.91 Å². The van der Waals surface area contributed by atoms with Crippen LogP contribution in [0.4, 0.5) is 5.69 Å². The predicted octanol–water partition coefficient (Wildman–Crippen LogP) is 3.09. The number of hydrogen-bond donors (Lipinski definition) is 2. The van der Waals surface area contributed by atoms with Gasteiger partial charge in [0.25, 0.3) is 0 Å². The van der Waals surface area contributed by atoms with E-state index in [2.05, 4.69) is 15.5 Å². The van der Waals surface area contributed by atoms with E-state index in [9.17, 15) is 4.79 Å². The van der Waals surface area contributed by atoms with Crippen LogP contribution in [0, 0.1) is 0 Å². The maximum atomic E-state index is 12.1. The lowest BCUT2D eigenvalue weighted by Gasteiger charge is -2.08. The molecule has 0 aliphatic heterocycles. The lowest BCUT2D eigenvalue weighted by Crippen LogP contribution is -2.14. The van der Waals surface area contributed by atoms with Crippen molar-refractivity contribution in [2.24, 2.45) is 0 Å². The highest BCUT2D eigenvalue weighted by Gasteiger charge is 2.14. The number of hydrogen-bond acceptors (Lipinski definition) is 7. The number of nitrogens with two attached hydrogens (primary N) is 1. The Kier molecular flexibility index (Phi) is 5.67. The molecule has 0 saturated heterocycles. The molecule has 0 aliphatic rings. The van der Waals surface area contributed by atoms with Gasteiger partial charge in [0.15, 0.2) is 5.76 Å². The van der Waals surface area contributed by atoms with Gasteiger partial charge >= 0.3 is 0 Å². The Balaban J connectivity index is 1.54. The molecule has 0 spiro atoms. The fourth-order valence-electron chi connectivity index (χ4n) is 2.14. The number of nitrogens with zero attached hydrogens (tertiary/aromatic N) is 3. The quantitative estimate of drug-likeness (QED) is 0.483. The minimum atomic E-state index is -0.0525. The van der Waals surface area contributed by atoms with Crippen LogP contribution in [0.1, 0.15) is 6.42 Å². The Hall–Kier alpha value is -2.39. The van der Waals surface area contributed by atoms with Crippen LogP contribution in [0.25, 0.3) is 11.6 Å². The van der Waals surface area contributed by atoms with E-state index in [1.807, 2.05) is 30.5 Å². The van der Waals surface area contributed by atoms with Crippen molar-refractivity contribution >= 4 is 35.1 Å². The van der Waals surface area contributed by atoms with Crippen molar-refractivity contribution in [1.82, 2.24) is 14.9 Å². The number of benzene rings is 1. The topological polar surface area (TPSA) is 99.0 Å². The SMILES string of the molecule is CSc1ccccc1NC(=O)CCSc1nnc(-c2ccco2)n1N. The first-order valence-electron chi connectivity index (χ1n) is 7.49. The minimum absolute atomic E-state index is 0.0525. The van der Waals surface area contributed by atoms with Crippen molar-refractivity contribution in [3.8, 4) is 11.6 Å². The maximum absolute atomic E-state index is 12.1. The highest BCUT2D eigenvalue weighted by atomic mass is 32.2. The molecule has 0 unspecified atom stereocenters. The molecular weight excluding hydrogens is 358 g/mol. The largest absolute Gasteiger partial charge is 0.461 e. The van der Waals surface area contributed by atoms with Gasteiger partial charge < -0.3 is 15.6 Å². The number of aromatic nitrogens is 3. The van der Waals surface area contributed by atoms with Crippen LogP contribution in [0.5, 0.6) is 0 Å². The van der Waals surface area contributed by atoms with E-state index in [1.54, 1.807) is 30.2 Å². The van der Waals surface area contributed by atoms with Crippen LogP contribution in [0.15, 0.2) is 57.1 Å². The van der Waals surface area contributed by atoms with Crippen LogP contribution in [0.3, 0.4) is 0 Å². The molecule has 9 heteroatoms. The summed E-state index contributed by atoms with van der Waals surface area (Å²) in [5, 5.41) is 11.5. The van der Waals surface area contributed by atoms with Crippen LogP contribution in [-0.4, -0.2) is 32.8 Å². The zero-order valence-corrected chi connectivity index (χ0v) is 15.1. The van der Waals surface area contributed by atoms with Crippen molar-refractivity contribution in [1.29, 1.82) is 0 Å². The van der Waals surface area contributed by atoms with E-state index in [0.717, 1.165) is 10.6 Å². The summed E-state index contributed by atoms with van der Waals surface area (Å²) in [6, 6.07) is 11.2. The van der Waals surface area contributed by atoms with Gasteiger partial charge in [-0.05, 0) is 30.5 Å². The second-order valence-corrected chi connectivity index (χ2v) is 6.91. The zero-order chi connectivity index (χ0) is 17.6. The van der Waals surface area contributed by atoms with Crippen molar-refractivity contribution in [2.45, 2.75) is 16.5 Å². The normalized spacial score (nSPS) is 10.8. The molecule has 1 aromatic carbocycles. The molecule has 0 saturated carbocycles. The van der Waals surface area contributed by atoms with Crippen LogP contribution < -0.4 is 11.2 Å². The molecule has 3 aromatic rings. The molecule has 2 aromatic heterocycles. The van der Waals surface area contributed by atoms with Crippen molar-refractivity contribution < 1.29 is 9.21 Å². The highest BCUT2D eigenvalue weighted by molar-refractivity contribution is 7.99.